The number of aromatic carboxylic acids is 2. The van der Waals surface area contributed by atoms with Crippen molar-refractivity contribution in [2.45, 2.75) is 26.2 Å². The molecule has 0 atom stereocenters. The zero-order valence-corrected chi connectivity index (χ0v) is 30.3. The van der Waals surface area contributed by atoms with E-state index in [2.05, 4.69) is 10.8 Å². The molecule has 12 heteroatoms. The summed E-state index contributed by atoms with van der Waals surface area (Å²) in [4.78, 5) is 67.9. The molecule has 286 valence electrons. The Kier molecular flexibility index (Phi) is 12.8. The van der Waals surface area contributed by atoms with E-state index in [1.165, 1.54) is 36.4 Å². The number of nitrogens with one attached hydrogen (secondary N) is 2. The minimum absolute atomic E-state index is 0.00620. The summed E-state index contributed by atoms with van der Waals surface area (Å²) in [5.74, 6) is -4.45. The molecule has 6 rings (SSSR count). The molecule has 6 aromatic carbocycles. The summed E-state index contributed by atoms with van der Waals surface area (Å²) in [6.45, 7) is -0.0391. The minimum atomic E-state index is -1.32. The number of carboxylic acids is 2. The first-order valence-electron chi connectivity index (χ1n) is 17.7. The van der Waals surface area contributed by atoms with E-state index in [1.807, 2.05) is 72.8 Å². The van der Waals surface area contributed by atoms with Crippen LogP contribution in [0.3, 0.4) is 0 Å². The van der Waals surface area contributed by atoms with Crippen LogP contribution in [0.25, 0.3) is 0 Å². The summed E-state index contributed by atoms with van der Waals surface area (Å²) in [6.07, 6.45) is 0.556. The van der Waals surface area contributed by atoms with Gasteiger partial charge in [-0.1, -0.05) is 84.9 Å². The summed E-state index contributed by atoms with van der Waals surface area (Å²) in [6, 6.07) is 40.6. The second-order valence-electron chi connectivity index (χ2n) is 12.8. The van der Waals surface area contributed by atoms with Gasteiger partial charge in [0.2, 0.25) is 0 Å². The standard InChI is InChI=1S/C45H36N2O10/c48-41(40-25-34(16-22-39(40)43(51)52)45(54)56-27-32-9-5-2-6-10-32)46-36-17-11-29(12-18-36)23-30-13-19-37(20-14-30)47-57-28-35-24-33(15-21-38(35)42(49)50)44(53)55-26-31-7-3-1-4-8-31/h1-22,24-25,47H,23,26-28H2,(H,46,48)(H,49,50)(H,51,52). The summed E-state index contributed by atoms with van der Waals surface area (Å²) in [7, 11) is 0. The monoisotopic (exact) mass is 764 g/mol. The Morgan fingerprint density at radius 1 is 0.474 bits per heavy atom. The normalized spacial score (nSPS) is 10.6. The Labute approximate surface area is 327 Å². The Hall–Kier alpha value is -7.57. The molecule has 1 amide bonds. The van der Waals surface area contributed by atoms with Crippen molar-refractivity contribution in [2.24, 2.45) is 0 Å². The van der Waals surface area contributed by atoms with E-state index in [-0.39, 0.29) is 53.2 Å². The number of anilines is 2. The Balaban J connectivity index is 1.01. The smallest absolute Gasteiger partial charge is 0.338 e. The van der Waals surface area contributed by atoms with E-state index in [0.717, 1.165) is 22.3 Å². The van der Waals surface area contributed by atoms with E-state index in [1.54, 1.807) is 36.4 Å². The SMILES string of the molecule is O=C(OCc1ccccc1)c1ccc(C(=O)O)c(CONc2ccc(Cc3ccc(NC(=O)c4cc(C(=O)OCc5ccccc5)ccc4C(=O)O)cc3)cc2)c1. The fourth-order valence-electron chi connectivity index (χ4n) is 5.74. The van der Waals surface area contributed by atoms with Gasteiger partial charge in [0.1, 0.15) is 19.8 Å². The van der Waals surface area contributed by atoms with Crippen LogP contribution < -0.4 is 10.8 Å². The Morgan fingerprint density at radius 3 is 1.49 bits per heavy atom. The van der Waals surface area contributed by atoms with Crippen LogP contribution in [0.4, 0.5) is 11.4 Å². The lowest BCUT2D eigenvalue weighted by molar-refractivity contribution is 0.0463. The van der Waals surface area contributed by atoms with Gasteiger partial charge < -0.3 is 25.0 Å². The van der Waals surface area contributed by atoms with Crippen molar-refractivity contribution in [3.63, 3.8) is 0 Å². The average Bonchev–Trinajstić information content (AvgIpc) is 3.23. The number of benzene rings is 6. The number of ether oxygens (including phenoxy) is 2. The second kappa shape index (κ2) is 18.7. The summed E-state index contributed by atoms with van der Waals surface area (Å²) < 4.78 is 10.7. The maximum Gasteiger partial charge on any atom is 0.338 e. The Morgan fingerprint density at radius 2 is 0.965 bits per heavy atom. The van der Waals surface area contributed by atoms with E-state index in [9.17, 15) is 34.2 Å². The molecule has 0 unspecified atom stereocenters. The third-order valence-electron chi connectivity index (χ3n) is 8.72. The highest BCUT2D eigenvalue weighted by molar-refractivity contribution is 6.12. The number of hydrogen-bond donors (Lipinski definition) is 4. The van der Waals surface area contributed by atoms with Gasteiger partial charge in [-0.05, 0) is 94.9 Å². The molecular weight excluding hydrogens is 728 g/mol. The maximum absolute atomic E-state index is 13.2. The van der Waals surface area contributed by atoms with Gasteiger partial charge in [0.25, 0.3) is 5.91 Å². The highest BCUT2D eigenvalue weighted by atomic mass is 16.6. The first-order chi connectivity index (χ1) is 27.6. The molecule has 0 aliphatic rings. The van der Waals surface area contributed by atoms with Gasteiger partial charge in [0.05, 0.1) is 33.5 Å². The van der Waals surface area contributed by atoms with Crippen LogP contribution in [0.2, 0.25) is 0 Å². The van der Waals surface area contributed by atoms with Crippen molar-refractivity contribution in [3.8, 4) is 0 Å². The van der Waals surface area contributed by atoms with Crippen LogP contribution >= 0.6 is 0 Å². The molecular formula is C45H36N2O10. The first kappa shape index (κ1) is 39.1. The van der Waals surface area contributed by atoms with Crippen LogP contribution in [0.1, 0.15) is 79.6 Å². The molecule has 0 bridgehead atoms. The molecule has 4 N–H and O–H groups in total. The number of rotatable bonds is 16. The molecule has 0 radical (unpaired) electrons. The van der Waals surface area contributed by atoms with E-state index in [0.29, 0.717) is 17.8 Å². The highest BCUT2D eigenvalue weighted by Crippen LogP contribution is 2.21. The largest absolute Gasteiger partial charge is 0.478 e. The molecule has 6 aromatic rings. The van der Waals surface area contributed by atoms with E-state index in [4.69, 9.17) is 14.3 Å². The fourth-order valence-corrected chi connectivity index (χ4v) is 5.74. The van der Waals surface area contributed by atoms with Crippen molar-refractivity contribution in [3.05, 3.63) is 201 Å². The van der Waals surface area contributed by atoms with Gasteiger partial charge in [-0.3, -0.25) is 15.1 Å². The predicted molar refractivity (Wildman–Crippen MR) is 210 cm³/mol. The van der Waals surface area contributed by atoms with Crippen LogP contribution in [-0.2, 0) is 40.6 Å². The van der Waals surface area contributed by atoms with Crippen molar-refractivity contribution >= 4 is 41.2 Å². The molecule has 0 saturated heterocycles. The van der Waals surface area contributed by atoms with E-state index < -0.39 is 29.8 Å². The van der Waals surface area contributed by atoms with Crippen molar-refractivity contribution in [1.82, 2.24) is 0 Å². The van der Waals surface area contributed by atoms with E-state index >= 15 is 0 Å². The van der Waals surface area contributed by atoms with Gasteiger partial charge in [-0.2, -0.15) is 0 Å². The summed E-state index contributed by atoms with van der Waals surface area (Å²) in [5.41, 5.74) is 7.43. The van der Waals surface area contributed by atoms with Gasteiger partial charge >= 0.3 is 23.9 Å². The van der Waals surface area contributed by atoms with Crippen LogP contribution in [0.5, 0.6) is 0 Å². The molecule has 0 fully saturated rings. The predicted octanol–water partition coefficient (Wildman–Crippen LogP) is 8.18. The molecule has 0 aromatic heterocycles. The van der Waals surface area contributed by atoms with Gasteiger partial charge in [-0.25, -0.2) is 19.2 Å². The average molecular weight is 765 g/mol. The number of esters is 2. The molecule has 12 nitrogen and oxygen atoms in total. The number of carbonyl (C=O) groups excluding carboxylic acids is 3. The number of amides is 1. The minimum Gasteiger partial charge on any atom is -0.478 e. The summed E-state index contributed by atoms with van der Waals surface area (Å²) >= 11 is 0. The lowest BCUT2D eigenvalue weighted by atomic mass is 10.0. The van der Waals surface area contributed by atoms with Gasteiger partial charge in [0, 0.05) is 5.69 Å². The number of carbonyl (C=O) groups is 5. The van der Waals surface area contributed by atoms with Crippen LogP contribution in [0.15, 0.2) is 146 Å². The zero-order chi connectivity index (χ0) is 40.1. The fraction of sp³-hybridized carbons (Fsp3) is 0.0889. The lowest BCUT2D eigenvalue weighted by Gasteiger charge is -2.12. The van der Waals surface area contributed by atoms with Crippen molar-refractivity contribution in [2.75, 3.05) is 10.8 Å². The summed E-state index contributed by atoms with van der Waals surface area (Å²) in [5, 5.41) is 22.1. The first-order valence-corrected chi connectivity index (χ1v) is 17.7. The van der Waals surface area contributed by atoms with Crippen LogP contribution in [0, 0.1) is 0 Å². The number of hydrogen-bond acceptors (Lipinski definition) is 9. The maximum atomic E-state index is 13.2. The molecule has 0 saturated carbocycles. The molecule has 57 heavy (non-hydrogen) atoms. The second-order valence-corrected chi connectivity index (χ2v) is 12.8. The van der Waals surface area contributed by atoms with Crippen molar-refractivity contribution in [1.29, 1.82) is 0 Å². The quantitative estimate of drug-likeness (QED) is 0.0552. The molecule has 0 aliphatic heterocycles. The Bertz CT molecular complexity index is 2380. The zero-order valence-electron chi connectivity index (χ0n) is 30.3. The van der Waals surface area contributed by atoms with Gasteiger partial charge in [-0.15, -0.1) is 0 Å². The lowest BCUT2D eigenvalue weighted by Crippen LogP contribution is -2.18. The van der Waals surface area contributed by atoms with Gasteiger partial charge in [0.15, 0.2) is 0 Å². The molecule has 0 heterocycles. The number of carboxylic acid groups (broad SMARTS) is 2. The topological polar surface area (TPSA) is 178 Å². The molecule has 0 aliphatic carbocycles. The third-order valence-corrected chi connectivity index (χ3v) is 8.72. The highest BCUT2D eigenvalue weighted by Gasteiger charge is 2.21. The van der Waals surface area contributed by atoms with Crippen LogP contribution in [-0.4, -0.2) is 40.0 Å². The third kappa shape index (κ3) is 10.8. The van der Waals surface area contributed by atoms with Crippen molar-refractivity contribution < 1.29 is 48.5 Å². The molecule has 0 spiro atoms.